The van der Waals surface area contributed by atoms with Crippen LogP contribution in [0.1, 0.15) is 0 Å². The number of carbonyl (C=O) groups excluding carboxylic acids is 1. The number of hydrogen-bond acceptors (Lipinski definition) is 6. The van der Waals surface area contributed by atoms with Gasteiger partial charge in [0.15, 0.2) is 5.75 Å². The Balaban J connectivity index is 2.31. The summed E-state index contributed by atoms with van der Waals surface area (Å²) < 4.78 is 6.48. The number of primary amides is 1. The van der Waals surface area contributed by atoms with E-state index in [-0.39, 0.29) is 12.6 Å². The summed E-state index contributed by atoms with van der Waals surface area (Å²) in [5, 5.41) is 10.7. The molecule has 0 saturated carbocycles. The second-order valence-corrected chi connectivity index (χ2v) is 3.52. The fourth-order valence-corrected chi connectivity index (χ4v) is 1.35. The molecule has 0 aliphatic heterocycles. The second-order valence-electron chi connectivity index (χ2n) is 3.52. The summed E-state index contributed by atoms with van der Waals surface area (Å²) in [6, 6.07) is 3.13. The fourth-order valence-electron chi connectivity index (χ4n) is 1.35. The highest BCUT2D eigenvalue weighted by Crippen LogP contribution is 2.22. The van der Waals surface area contributed by atoms with E-state index >= 15 is 0 Å². The maximum atomic E-state index is 10.9. The number of pyridine rings is 1. The van der Waals surface area contributed by atoms with Crippen molar-refractivity contribution in [2.45, 2.75) is 6.54 Å². The Kier molecular flexibility index (Phi) is 3.37. The van der Waals surface area contributed by atoms with Crippen molar-refractivity contribution in [1.82, 2.24) is 14.5 Å². The molecule has 2 heterocycles. The number of nitro groups is 1. The van der Waals surface area contributed by atoms with Gasteiger partial charge in [-0.25, -0.2) is 0 Å². The second kappa shape index (κ2) is 5.12. The van der Waals surface area contributed by atoms with Crippen molar-refractivity contribution < 1.29 is 14.5 Å². The topological polar surface area (TPSA) is 126 Å². The number of carbonyl (C=O) groups is 1. The summed E-state index contributed by atoms with van der Waals surface area (Å²) in [5.41, 5.74) is 5.05. The first-order valence-electron chi connectivity index (χ1n) is 5.14. The summed E-state index contributed by atoms with van der Waals surface area (Å²) >= 11 is 0. The van der Waals surface area contributed by atoms with Crippen molar-refractivity contribution in [2.75, 3.05) is 0 Å². The van der Waals surface area contributed by atoms with Gasteiger partial charge >= 0.3 is 11.8 Å². The quantitative estimate of drug-likeness (QED) is 0.616. The Morgan fingerprint density at radius 3 is 2.95 bits per heavy atom. The van der Waals surface area contributed by atoms with Crippen molar-refractivity contribution in [3.63, 3.8) is 0 Å². The minimum Gasteiger partial charge on any atom is -0.405 e. The smallest absolute Gasteiger partial charge is 0.405 e. The molecule has 0 fully saturated rings. The molecule has 2 rings (SSSR count). The minimum atomic E-state index is -0.687. The fraction of sp³-hybridized carbons (Fsp3) is 0.100. The Bertz CT molecular complexity index is 610. The van der Waals surface area contributed by atoms with Gasteiger partial charge in [0, 0.05) is 11.2 Å². The maximum absolute atomic E-state index is 10.9. The molecule has 98 valence electrons. The lowest BCUT2D eigenvalue weighted by Gasteiger charge is -2.02. The predicted molar refractivity (Wildman–Crippen MR) is 62.4 cm³/mol. The van der Waals surface area contributed by atoms with Gasteiger partial charge in [-0.05, 0) is 17.1 Å². The molecule has 2 aromatic rings. The third kappa shape index (κ3) is 3.03. The third-order valence-corrected chi connectivity index (χ3v) is 2.08. The first kappa shape index (κ1) is 12.5. The SMILES string of the molecule is NC(=O)Cn1cc([N+](=O)[O-])nc1Oc1cccnc1. The molecule has 0 saturated heterocycles. The van der Waals surface area contributed by atoms with Gasteiger partial charge in [0.05, 0.1) is 6.20 Å². The summed E-state index contributed by atoms with van der Waals surface area (Å²) in [7, 11) is 0. The van der Waals surface area contributed by atoms with Crippen LogP contribution in [0.2, 0.25) is 0 Å². The lowest BCUT2D eigenvalue weighted by Crippen LogP contribution is -2.18. The Morgan fingerprint density at radius 1 is 1.58 bits per heavy atom. The van der Waals surface area contributed by atoms with Gasteiger partial charge in [0.25, 0.3) is 0 Å². The lowest BCUT2D eigenvalue weighted by molar-refractivity contribution is -0.389. The van der Waals surface area contributed by atoms with E-state index in [4.69, 9.17) is 10.5 Å². The van der Waals surface area contributed by atoms with Crippen LogP contribution in [0.25, 0.3) is 0 Å². The summed E-state index contributed by atoms with van der Waals surface area (Å²) in [5.74, 6) is -0.753. The number of imidazole rings is 1. The number of ether oxygens (including phenoxy) is 1. The first-order chi connectivity index (χ1) is 9.06. The minimum absolute atomic E-state index is 0.0986. The molecular weight excluding hydrogens is 254 g/mol. The third-order valence-electron chi connectivity index (χ3n) is 2.08. The molecule has 9 nitrogen and oxygen atoms in total. The molecule has 0 aliphatic rings. The van der Waals surface area contributed by atoms with Crippen LogP contribution in [0, 0.1) is 10.1 Å². The van der Waals surface area contributed by atoms with Crippen LogP contribution in [-0.2, 0) is 11.3 Å². The monoisotopic (exact) mass is 263 g/mol. The normalized spacial score (nSPS) is 10.1. The molecule has 0 unspecified atom stereocenters. The molecule has 1 amide bonds. The lowest BCUT2D eigenvalue weighted by atomic mass is 10.5. The Hall–Kier alpha value is -2.97. The Labute approximate surface area is 106 Å². The maximum Gasteiger partial charge on any atom is 0.420 e. The number of amides is 1. The van der Waals surface area contributed by atoms with E-state index in [9.17, 15) is 14.9 Å². The molecule has 0 bridgehead atoms. The van der Waals surface area contributed by atoms with Gasteiger partial charge in [-0.3, -0.25) is 14.3 Å². The van der Waals surface area contributed by atoms with Crippen molar-refractivity contribution >= 4 is 11.7 Å². The number of rotatable bonds is 5. The molecular formula is C10H9N5O4. The molecule has 2 N–H and O–H groups in total. The summed E-state index contributed by atoms with van der Waals surface area (Å²) in [6.07, 6.45) is 4.04. The van der Waals surface area contributed by atoms with Gasteiger partial charge in [0.1, 0.15) is 12.7 Å². The zero-order chi connectivity index (χ0) is 13.8. The zero-order valence-electron chi connectivity index (χ0n) is 9.59. The van der Waals surface area contributed by atoms with E-state index in [1.54, 1.807) is 18.3 Å². The standard InChI is InChI=1S/C10H9N5O4/c11-8(16)5-14-6-9(15(17)18)13-10(14)19-7-2-1-3-12-4-7/h1-4,6H,5H2,(H2,11,16). The molecule has 2 aromatic heterocycles. The average Bonchev–Trinajstić information content (AvgIpc) is 2.73. The number of nitrogens with zero attached hydrogens (tertiary/aromatic N) is 4. The van der Waals surface area contributed by atoms with Crippen LogP contribution in [0.5, 0.6) is 11.8 Å². The Morgan fingerprint density at radius 2 is 2.37 bits per heavy atom. The van der Waals surface area contributed by atoms with Crippen LogP contribution in [-0.4, -0.2) is 25.4 Å². The highest BCUT2D eigenvalue weighted by atomic mass is 16.6. The van der Waals surface area contributed by atoms with E-state index in [0.29, 0.717) is 5.75 Å². The number of aromatic nitrogens is 3. The summed E-state index contributed by atoms with van der Waals surface area (Å²) in [6.45, 7) is -0.267. The van der Waals surface area contributed by atoms with Crippen LogP contribution in [0.4, 0.5) is 5.82 Å². The first-order valence-corrected chi connectivity index (χ1v) is 5.14. The van der Waals surface area contributed by atoms with Gasteiger partial charge in [-0.2, -0.15) is 0 Å². The predicted octanol–water partition coefficient (Wildman–Crippen LogP) is 0.464. The van der Waals surface area contributed by atoms with Crippen LogP contribution in [0.15, 0.2) is 30.7 Å². The number of hydrogen-bond donors (Lipinski definition) is 1. The van der Waals surface area contributed by atoms with Gasteiger partial charge < -0.3 is 20.6 Å². The van der Waals surface area contributed by atoms with Gasteiger partial charge in [0.2, 0.25) is 5.91 Å². The largest absolute Gasteiger partial charge is 0.420 e. The van der Waals surface area contributed by atoms with Gasteiger partial charge in [-0.15, -0.1) is 0 Å². The highest BCUT2D eigenvalue weighted by molar-refractivity contribution is 5.73. The van der Waals surface area contributed by atoms with Crippen LogP contribution >= 0.6 is 0 Å². The van der Waals surface area contributed by atoms with Crippen molar-refractivity contribution in [2.24, 2.45) is 5.73 Å². The van der Waals surface area contributed by atoms with Gasteiger partial charge in [-0.1, -0.05) is 0 Å². The van der Waals surface area contributed by atoms with E-state index in [1.807, 2.05) is 0 Å². The number of nitrogens with two attached hydrogens (primary N) is 1. The molecule has 9 heteroatoms. The van der Waals surface area contributed by atoms with E-state index in [2.05, 4.69) is 9.97 Å². The molecule has 0 aromatic carbocycles. The van der Waals surface area contributed by atoms with Crippen molar-refractivity contribution in [3.05, 3.63) is 40.8 Å². The molecule has 0 aliphatic carbocycles. The molecule has 0 radical (unpaired) electrons. The highest BCUT2D eigenvalue weighted by Gasteiger charge is 2.21. The van der Waals surface area contributed by atoms with E-state index < -0.39 is 16.6 Å². The van der Waals surface area contributed by atoms with E-state index in [1.165, 1.54) is 6.20 Å². The van der Waals surface area contributed by atoms with Crippen molar-refractivity contribution in [3.8, 4) is 11.8 Å². The molecule has 19 heavy (non-hydrogen) atoms. The molecule has 0 spiro atoms. The summed E-state index contributed by atoms with van der Waals surface area (Å²) in [4.78, 5) is 28.3. The van der Waals surface area contributed by atoms with E-state index in [0.717, 1.165) is 10.8 Å². The average molecular weight is 263 g/mol. The van der Waals surface area contributed by atoms with Crippen LogP contribution in [0.3, 0.4) is 0 Å². The zero-order valence-corrected chi connectivity index (χ0v) is 9.59. The van der Waals surface area contributed by atoms with Crippen molar-refractivity contribution in [1.29, 1.82) is 0 Å². The molecule has 0 atom stereocenters. The van der Waals surface area contributed by atoms with Crippen LogP contribution < -0.4 is 10.5 Å².